The molecule has 0 aromatic carbocycles. The van der Waals surface area contributed by atoms with Gasteiger partial charge in [-0.3, -0.25) is 14.4 Å². The number of ether oxygens (including phenoxy) is 3. The Morgan fingerprint density at radius 1 is 0.267 bits per heavy atom. The van der Waals surface area contributed by atoms with Gasteiger partial charge in [0, 0.05) is 19.3 Å². The summed E-state index contributed by atoms with van der Waals surface area (Å²) in [5, 5.41) is 0. The Bertz CT molecular complexity index is 1800. The van der Waals surface area contributed by atoms with Gasteiger partial charge < -0.3 is 14.2 Å². The van der Waals surface area contributed by atoms with Crippen molar-refractivity contribution < 1.29 is 28.6 Å². The topological polar surface area (TPSA) is 78.9 Å². The third-order valence-corrected chi connectivity index (χ3v) is 11.4. The highest BCUT2D eigenvalue weighted by Crippen LogP contribution is 2.12. The number of carbonyl (C=O) groups is 3. The average Bonchev–Trinajstić information content (AvgIpc) is 3.41. The second-order valence-electron chi connectivity index (χ2n) is 18.4. The summed E-state index contributed by atoms with van der Waals surface area (Å²) in [4.78, 5) is 38.2. The van der Waals surface area contributed by atoms with Gasteiger partial charge in [-0.2, -0.15) is 0 Å². The van der Waals surface area contributed by atoms with E-state index in [4.69, 9.17) is 14.2 Å². The maximum Gasteiger partial charge on any atom is 0.306 e. The predicted octanol–water partition coefficient (Wildman–Crippen LogP) is 20.1. The molecular formula is C69H104O6. The van der Waals surface area contributed by atoms with Crippen LogP contribution in [0.3, 0.4) is 0 Å². The van der Waals surface area contributed by atoms with Gasteiger partial charge in [-0.15, -0.1) is 0 Å². The van der Waals surface area contributed by atoms with E-state index >= 15 is 0 Å². The van der Waals surface area contributed by atoms with Crippen molar-refractivity contribution in [2.45, 2.75) is 219 Å². The van der Waals surface area contributed by atoms with Crippen molar-refractivity contribution in [2.75, 3.05) is 13.2 Å². The molecule has 0 aliphatic heterocycles. The van der Waals surface area contributed by atoms with Gasteiger partial charge in [-0.1, -0.05) is 235 Å². The molecule has 0 aromatic rings. The SMILES string of the molecule is CC/C=C\C/C=C\C/C=C\C/C=C\C/C=C\C/C=C\CCCCC(=O)OC(COC(=O)CC/C=C\C/C=C\C/C=C\C/C=C\CC)COC(=O)CCCCCCCCC/C=C\C/C=C\C/C=C\C/C=C\C/C=C\CC. The van der Waals surface area contributed by atoms with E-state index in [0.717, 1.165) is 141 Å². The molecule has 0 heterocycles. The molecule has 75 heavy (non-hydrogen) atoms. The molecule has 1 unspecified atom stereocenters. The molecule has 6 heteroatoms. The van der Waals surface area contributed by atoms with Gasteiger partial charge in [0.25, 0.3) is 0 Å². The second kappa shape index (κ2) is 61.1. The molecule has 1 atom stereocenters. The van der Waals surface area contributed by atoms with E-state index in [9.17, 15) is 14.4 Å². The lowest BCUT2D eigenvalue weighted by Crippen LogP contribution is -2.30. The minimum absolute atomic E-state index is 0.134. The second-order valence-corrected chi connectivity index (χ2v) is 18.4. The monoisotopic (exact) mass is 1030 g/mol. The molecule has 0 rings (SSSR count). The van der Waals surface area contributed by atoms with Gasteiger partial charge in [0.05, 0.1) is 0 Å². The summed E-state index contributed by atoms with van der Waals surface area (Å²) in [6.07, 6.45) is 91.9. The van der Waals surface area contributed by atoms with Gasteiger partial charge in [-0.05, 0) is 141 Å². The van der Waals surface area contributed by atoms with Crippen LogP contribution in [-0.4, -0.2) is 37.2 Å². The van der Waals surface area contributed by atoms with Gasteiger partial charge in [0.1, 0.15) is 13.2 Å². The van der Waals surface area contributed by atoms with Crippen LogP contribution in [0.15, 0.2) is 182 Å². The van der Waals surface area contributed by atoms with Crippen molar-refractivity contribution in [2.24, 2.45) is 0 Å². The first-order chi connectivity index (χ1) is 37.0. The number of allylic oxidation sites excluding steroid dienone is 30. The van der Waals surface area contributed by atoms with Crippen LogP contribution in [0.4, 0.5) is 0 Å². The van der Waals surface area contributed by atoms with E-state index in [2.05, 4.69) is 191 Å². The lowest BCUT2D eigenvalue weighted by Gasteiger charge is -2.18. The van der Waals surface area contributed by atoms with E-state index in [1.165, 1.54) is 19.3 Å². The number of carbonyl (C=O) groups excluding carboxylic acids is 3. The van der Waals surface area contributed by atoms with Crippen molar-refractivity contribution in [3.05, 3.63) is 182 Å². The van der Waals surface area contributed by atoms with Gasteiger partial charge >= 0.3 is 17.9 Å². The van der Waals surface area contributed by atoms with Gasteiger partial charge in [0.2, 0.25) is 0 Å². The molecule has 0 aliphatic carbocycles. The molecule has 0 spiro atoms. The number of esters is 3. The van der Waals surface area contributed by atoms with E-state index in [0.29, 0.717) is 19.3 Å². The number of hydrogen-bond donors (Lipinski definition) is 0. The molecule has 0 aliphatic rings. The van der Waals surface area contributed by atoms with Crippen molar-refractivity contribution in [3.63, 3.8) is 0 Å². The molecule has 0 radical (unpaired) electrons. The molecular weight excluding hydrogens is 925 g/mol. The zero-order valence-electron chi connectivity index (χ0n) is 47.5. The molecule has 6 nitrogen and oxygen atoms in total. The van der Waals surface area contributed by atoms with Gasteiger partial charge in [0.15, 0.2) is 6.10 Å². The fraction of sp³-hybridized carbons (Fsp3) is 0.522. The molecule has 0 saturated carbocycles. The largest absolute Gasteiger partial charge is 0.462 e. The zero-order chi connectivity index (χ0) is 54.3. The lowest BCUT2D eigenvalue weighted by molar-refractivity contribution is -0.166. The highest BCUT2D eigenvalue weighted by atomic mass is 16.6. The van der Waals surface area contributed by atoms with E-state index < -0.39 is 6.10 Å². The molecule has 0 amide bonds. The Labute approximate surface area is 459 Å². The molecule has 0 fully saturated rings. The quantitative estimate of drug-likeness (QED) is 0.0261. The van der Waals surface area contributed by atoms with Crippen LogP contribution < -0.4 is 0 Å². The summed E-state index contributed by atoms with van der Waals surface area (Å²) in [6.45, 7) is 6.16. The van der Waals surface area contributed by atoms with Crippen LogP contribution in [0.1, 0.15) is 213 Å². The standard InChI is InChI=1S/C69H104O6/c1-4-7-10-13-16-19-22-25-27-29-31-33-34-36-37-39-41-44-47-50-53-56-59-62-68(71)74-65-66(64-73-67(70)61-58-55-52-49-46-43-24-21-18-15-12-9-6-3)75-69(72)63-60-57-54-51-48-45-42-40-38-35-32-30-28-26-23-20-17-14-11-8-5-2/h7-12,16-21,25-28,31-33,35-37,40,42-43,46,48,51-52,55,66H,4-6,13-15,22-24,29-30,34,38-39,41,44-45,47,49-50,53-54,56-65H2,1-3H3/b10-7-,11-8-,12-9-,19-16-,20-17-,21-18-,27-25-,28-26-,33-31-,35-32-,37-36-,42-40-,46-43-,51-48-,55-52-. The molecule has 416 valence electrons. The number of hydrogen-bond acceptors (Lipinski definition) is 6. The summed E-state index contributed by atoms with van der Waals surface area (Å²) in [5.41, 5.74) is 0. The van der Waals surface area contributed by atoms with Crippen LogP contribution in [0.25, 0.3) is 0 Å². The molecule has 0 aromatic heterocycles. The Morgan fingerprint density at radius 3 is 0.853 bits per heavy atom. The third kappa shape index (κ3) is 59.3. The maximum atomic E-state index is 12.9. The number of rotatable bonds is 50. The molecule has 0 saturated heterocycles. The maximum absolute atomic E-state index is 12.9. The highest BCUT2D eigenvalue weighted by molar-refractivity contribution is 5.71. The average molecular weight is 1030 g/mol. The first-order valence-electron chi connectivity index (χ1n) is 29.3. The minimum atomic E-state index is -0.847. The van der Waals surface area contributed by atoms with E-state index in [-0.39, 0.29) is 44.0 Å². The van der Waals surface area contributed by atoms with Crippen molar-refractivity contribution in [1.82, 2.24) is 0 Å². The smallest absolute Gasteiger partial charge is 0.306 e. The summed E-state index contributed by atoms with van der Waals surface area (Å²) >= 11 is 0. The Morgan fingerprint density at radius 2 is 0.507 bits per heavy atom. The van der Waals surface area contributed by atoms with Crippen LogP contribution in [0.2, 0.25) is 0 Å². The van der Waals surface area contributed by atoms with Crippen molar-refractivity contribution in [3.8, 4) is 0 Å². The minimum Gasteiger partial charge on any atom is -0.462 e. The first kappa shape index (κ1) is 69.5. The third-order valence-electron chi connectivity index (χ3n) is 11.4. The summed E-state index contributed by atoms with van der Waals surface area (Å²) in [7, 11) is 0. The lowest BCUT2D eigenvalue weighted by atomic mass is 10.1. The van der Waals surface area contributed by atoms with Crippen LogP contribution in [0.5, 0.6) is 0 Å². The van der Waals surface area contributed by atoms with Crippen LogP contribution >= 0.6 is 0 Å². The summed E-state index contributed by atoms with van der Waals surface area (Å²) in [6, 6.07) is 0. The van der Waals surface area contributed by atoms with Gasteiger partial charge in [-0.25, -0.2) is 0 Å². The van der Waals surface area contributed by atoms with Crippen molar-refractivity contribution >= 4 is 17.9 Å². The first-order valence-corrected chi connectivity index (χ1v) is 29.3. The number of unbranched alkanes of at least 4 members (excludes halogenated alkanes) is 9. The fourth-order valence-corrected chi connectivity index (χ4v) is 7.13. The highest BCUT2D eigenvalue weighted by Gasteiger charge is 2.19. The Kier molecular flexibility index (Phi) is 56.6. The van der Waals surface area contributed by atoms with Crippen LogP contribution in [0, 0.1) is 0 Å². The zero-order valence-corrected chi connectivity index (χ0v) is 47.5. The summed E-state index contributed by atoms with van der Waals surface area (Å²) in [5.74, 6) is -1.09. The fourth-order valence-electron chi connectivity index (χ4n) is 7.13. The van der Waals surface area contributed by atoms with E-state index in [1.807, 2.05) is 12.2 Å². The summed E-state index contributed by atoms with van der Waals surface area (Å²) < 4.78 is 16.7. The van der Waals surface area contributed by atoms with Crippen molar-refractivity contribution in [1.29, 1.82) is 0 Å². The predicted molar refractivity (Wildman–Crippen MR) is 324 cm³/mol. The normalized spacial score (nSPS) is 13.5. The van der Waals surface area contributed by atoms with E-state index in [1.54, 1.807) is 0 Å². The Hall–Kier alpha value is -5.49. The van der Waals surface area contributed by atoms with Crippen LogP contribution in [-0.2, 0) is 28.6 Å². The Balaban J connectivity index is 4.56. The molecule has 0 N–H and O–H groups in total. The molecule has 0 bridgehead atoms.